The van der Waals surface area contributed by atoms with Crippen molar-refractivity contribution in [2.24, 2.45) is 0 Å². The number of nitro benzene ring substituents is 1. The average Bonchev–Trinajstić information content (AvgIpc) is 2.44. The van der Waals surface area contributed by atoms with E-state index in [0.717, 1.165) is 0 Å². The van der Waals surface area contributed by atoms with Crippen LogP contribution in [0.3, 0.4) is 0 Å². The van der Waals surface area contributed by atoms with Gasteiger partial charge in [-0.05, 0) is 40.2 Å². The standard InChI is InChI=1S/C13H8BrClN2O3/c14-12-10(15)2-1-3-11(12)16-13(18)8-4-6-9(7-5-8)17(19)20/h1-7H,(H,16,18). The van der Waals surface area contributed by atoms with Crippen LogP contribution in [0, 0.1) is 10.1 Å². The van der Waals surface area contributed by atoms with Gasteiger partial charge in [0.25, 0.3) is 11.6 Å². The number of nitrogens with one attached hydrogen (secondary N) is 1. The van der Waals surface area contributed by atoms with E-state index in [2.05, 4.69) is 21.2 Å². The van der Waals surface area contributed by atoms with Crippen LogP contribution in [0.4, 0.5) is 11.4 Å². The van der Waals surface area contributed by atoms with E-state index in [1.165, 1.54) is 24.3 Å². The van der Waals surface area contributed by atoms with Crippen LogP contribution >= 0.6 is 27.5 Å². The van der Waals surface area contributed by atoms with Crippen LogP contribution in [0.15, 0.2) is 46.9 Å². The van der Waals surface area contributed by atoms with Crippen LogP contribution in [0.25, 0.3) is 0 Å². The summed E-state index contributed by atoms with van der Waals surface area (Å²) in [6.07, 6.45) is 0. The fourth-order valence-corrected chi connectivity index (χ4v) is 2.07. The second-order valence-electron chi connectivity index (χ2n) is 3.86. The number of amides is 1. The lowest BCUT2D eigenvalue weighted by atomic mass is 10.2. The first-order chi connectivity index (χ1) is 9.49. The van der Waals surface area contributed by atoms with Crippen molar-refractivity contribution in [1.29, 1.82) is 0 Å². The largest absolute Gasteiger partial charge is 0.321 e. The average molecular weight is 356 g/mol. The van der Waals surface area contributed by atoms with Gasteiger partial charge in [-0.2, -0.15) is 0 Å². The number of hydrogen-bond acceptors (Lipinski definition) is 3. The molecule has 102 valence electrons. The van der Waals surface area contributed by atoms with E-state index in [-0.39, 0.29) is 11.6 Å². The van der Waals surface area contributed by atoms with Gasteiger partial charge in [0.15, 0.2) is 0 Å². The minimum atomic E-state index is -0.519. The molecule has 7 heteroatoms. The highest BCUT2D eigenvalue weighted by Crippen LogP contribution is 2.30. The third-order valence-corrected chi connectivity index (χ3v) is 3.94. The Morgan fingerprint density at radius 3 is 2.45 bits per heavy atom. The smallest absolute Gasteiger partial charge is 0.269 e. The summed E-state index contributed by atoms with van der Waals surface area (Å²) in [7, 11) is 0. The van der Waals surface area contributed by atoms with E-state index in [9.17, 15) is 14.9 Å². The molecule has 0 aliphatic heterocycles. The molecule has 0 aliphatic rings. The van der Waals surface area contributed by atoms with Crippen LogP contribution in [0.2, 0.25) is 5.02 Å². The molecule has 0 aliphatic carbocycles. The Bertz CT molecular complexity index is 674. The Hall–Kier alpha value is -1.92. The number of non-ortho nitro benzene ring substituents is 1. The van der Waals surface area contributed by atoms with Crippen LogP contribution in [-0.2, 0) is 0 Å². The first-order valence-electron chi connectivity index (χ1n) is 5.49. The number of carbonyl (C=O) groups is 1. The highest BCUT2D eigenvalue weighted by molar-refractivity contribution is 9.10. The second kappa shape index (κ2) is 6.02. The minimum absolute atomic E-state index is 0.0644. The van der Waals surface area contributed by atoms with Crippen molar-refractivity contribution >= 4 is 44.8 Å². The van der Waals surface area contributed by atoms with Gasteiger partial charge in [0.1, 0.15) is 0 Å². The van der Waals surface area contributed by atoms with Gasteiger partial charge in [0.2, 0.25) is 0 Å². The summed E-state index contributed by atoms with van der Waals surface area (Å²) in [5.41, 5.74) is 0.786. The SMILES string of the molecule is O=C(Nc1cccc(Cl)c1Br)c1ccc([N+](=O)[O-])cc1. The minimum Gasteiger partial charge on any atom is -0.321 e. The number of hydrogen-bond donors (Lipinski definition) is 1. The van der Waals surface area contributed by atoms with Gasteiger partial charge >= 0.3 is 0 Å². The van der Waals surface area contributed by atoms with Gasteiger partial charge in [-0.3, -0.25) is 14.9 Å². The van der Waals surface area contributed by atoms with E-state index in [4.69, 9.17) is 11.6 Å². The molecule has 5 nitrogen and oxygen atoms in total. The topological polar surface area (TPSA) is 72.2 Å². The molecular weight excluding hydrogens is 348 g/mol. The van der Waals surface area contributed by atoms with Crippen molar-refractivity contribution in [2.45, 2.75) is 0 Å². The summed E-state index contributed by atoms with van der Waals surface area (Å²) < 4.78 is 0.580. The fraction of sp³-hybridized carbons (Fsp3) is 0. The maximum absolute atomic E-state index is 12.0. The number of rotatable bonds is 3. The van der Waals surface area contributed by atoms with Gasteiger partial charge in [-0.25, -0.2) is 0 Å². The van der Waals surface area contributed by atoms with Crippen LogP contribution in [0.5, 0.6) is 0 Å². The van der Waals surface area contributed by atoms with Gasteiger partial charge in [0, 0.05) is 17.7 Å². The van der Waals surface area contributed by atoms with Gasteiger partial charge in [0.05, 0.1) is 20.1 Å². The van der Waals surface area contributed by atoms with Crippen LogP contribution in [0.1, 0.15) is 10.4 Å². The highest BCUT2D eigenvalue weighted by Gasteiger charge is 2.11. The third kappa shape index (κ3) is 3.15. The molecular formula is C13H8BrClN2O3. The summed E-state index contributed by atoms with van der Waals surface area (Å²) in [6, 6.07) is 10.4. The van der Waals surface area contributed by atoms with Gasteiger partial charge in [-0.1, -0.05) is 17.7 Å². The number of nitro groups is 1. The molecule has 0 saturated carbocycles. The zero-order chi connectivity index (χ0) is 14.7. The molecule has 20 heavy (non-hydrogen) atoms. The fourth-order valence-electron chi connectivity index (χ4n) is 1.53. The summed E-state index contributed by atoms with van der Waals surface area (Å²) in [6.45, 7) is 0. The lowest BCUT2D eigenvalue weighted by Gasteiger charge is -2.08. The summed E-state index contributed by atoms with van der Waals surface area (Å²) in [5.74, 6) is -0.372. The predicted octanol–water partition coefficient (Wildman–Crippen LogP) is 4.26. The highest BCUT2D eigenvalue weighted by atomic mass is 79.9. The lowest BCUT2D eigenvalue weighted by molar-refractivity contribution is -0.384. The van der Waals surface area contributed by atoms with Crippen molar-refractivity contribution in [3.63, 3.8) is 0 Å². The second-order valence-corrected chi connectivity index (χ2v) is 5.06. The predicted molar refractivity (Wildman–Crippen MR) is 80.2 cm³/mol. The molecule has 2 rings (SSSR count). The number of nitrogens with zero attached hydrogens (tertiary/aromatic N) is 1. The third-order valence-electron chi connectivity index (χ3n) is 2.54. The maximum Gasteiger partial charge on any atom is 0.269 e. The normalized spacial score (nSPS) is 10.1. The molecule has 0 fully saturated rings. The van der Waals surface area contributed by atoms with Crippen molar-refractivity contribution < 1.29 is 9.72 Å². The molecule has 0 bridgehead atoms. The lowest BCUT2D eigenvalue weighted by Crippen LogP contribution is -2.12. The molecule has 0 heterocycles. The molecule has 0 unspecified atom stereocenters. The van der Waals surface area contributed by atoms with Crippen molar-refractivity contribution in [2.75, 3.05) is 5.32 Å². The Labute approximate surface area is 127 Å². The van der Waals surface area contributed by atoms with E-state index >= 15 is 0 Å². The van der Waals surface area contributed by atoms with E-state index in [1.807, 2.05) is 0 Å². The summed E-state index contributed by atoms with van der Waals surface area (Å²) in [4.78, 5) is 22.0. The zero-order valence-corrected chi connectivity index (χ0v) is 12.3. The first kappa shape index (κ1) is 14.5. The van der Waals surface area contributed by atoms with E-state index < -0.39 is 4.92 Å². The molecule has 1 amide bonds. The Morgan fingerprint density at radius 2 is 1.85 bits per heavy atom. The van der Waals surface area contributed by atoms with Crippen molar-refractivity contribution in [3.8, 4) is 0 Å². The molecule has 0 aromatic heterocycles. The molecule has 0 atom stereocenters. The maximum atomic E-state index is 12.0. The molecule has 2 aromatic carbocycles. The van der Waals surface area contributed by atoms with Gasteiger partial charge in [-0.15, -0.1) is 0 Å². The molecule has 0 saturated heterocycles. The van der Waals surface area contributed by atoms with Crippen molar-refractivity contribution in [1.82, 2.24) is 0 Å². The zero-order valence-electron chi connectivity index (χ0n) is 9.97. The Morgan fingerprint density at radius 1 is 1.20 bits per heavy atom. The van der Waals surface area contributed by atoms with E-state index in [1.54, 1.807) is 18.2 Å². The number of anilines is 1. The summed E-state index contributed by atoms with van der Waals surface area (Å²) in [5, 5.41) is 13.7. The van der Waals surface area contributed by atoms with E-state index in [0.29, 0.717) is 20.7 Å². The van der Waals surface area contributed by atoms with Crippen LogP contribution < -0.4 is 5.32 Å². The Kier molecular flexibility index (Phi) is 4.36. The molecule has 0 spiro atoms. The molecule has 0 radical (unpaired) electrons. The summed E-state index contributed by atoms with van der Waals surface area (Å²) >= 11 is 9.20. The molecule has 2 aromatic rings. The number of carbonyl (C=O) groups excluding carboxylic acids is 1. The molecule has 1 N–H and O–H groups in total. The monoisotopic (exact) mass is 354 g/mol. The van der Waals surface area contributed by atoms with Gasteiger partial charge < -0.3 is 5.32 Å². The number of halogens is 2. The number of benzene rings is 2. The quantitative estimate of drug-likeness (QED) is 0.660. The van der Waals surface area contributed by atoms with Crippen molar-refractivity contribution in [3.05, 3.63) is 67.6 Å². The Balaban J connectivity index is 2.20. The van der Waals surface area contributed by atoms with Crippen LogP contribution in [-0.4, -0.2) is 10.8 Å². The first-order valence-corrected chi connectivity index (χ1v) is 6.66.